The number of likely N-dealkylation sites (tertiary alicyclic amines) is 1. The van der Waals surface area contributed by atoms with Gasteiger partial charge in [0.2, 0.25) is 5.76 Å². The van der Waals surface area contributed by atoms with Crippen LogP contribution >= 0.6 is 0 Å². The third-order valence-electron chi connectivity index (χ3n) is 5.44. The summed E-state index contributed by atoms with van der Waals surface area (Å²) < 4.78 is 5.83. The molecule has 30 heavy (non-hydrogen) atoms. The van der Waals surface area contributed by atoms with Crippen molar-refractivity contribution in [1.29, 1.82) is 0 Å². The van der Waals surface area contributed by atoms with Crippen molar-refractivity contribution in [3.05, 3.63) is 70.0 Å². The Hall–Kier alpha value is -3.68. The number of rotatable bonds is 4. The highest BCUT2D eigenvalue weighted by Crippen LogP contribution is 2.33. The maximum absolute atomic E-state index is 13.1. The number of hydrogen-bond donors (Lipinski definition) is 1. The number of amides is 2. The lowest BCUT2D eigenvalue weighted by Gasteiger charge is -2.29. The molecular formula is C22H21N3O5. The number of carbonyl (C=O) groups excluding carboxylic acids is 2. The van der Waals surface area contributed by atoms with Crippen LogP contribution in [0.5, 0.6) is 0 Å². The highest BCUT2D eigenvalue weighted by molar-refractivity contribution is 6.14. The molecule has 0 saturated carbocycles. The van der Waals surface area contributed by atoms with E-state index in [1.165, 1.54) is 24.3 Å². The van der Waals surface area contributed by atoms with Crippen LogP contribution in [0.4, 0.5) is 11.4 Å². The van der Waals surface area contributed by atoms with Crippen LogP contribution < -0.4 is 5.32 Å². The Morgan fingerprint density at radius 3 is 2.43 bits per heavy atom. The first kappa shape index (κ1) is 19.6. The van der Waals surface area contributed by atoms with Gasteiger partial charge in [0.25, 0.3) is 17.5 Å². The van der Waals surface area contributed by atoms with Crippen LogP contribution in [0.25, 0.3) is 11.0 Å². The third kappa shape index (κ3) is 3.76. The van der Waals surface area contributed by atoms with Gasteiger partial charge < -0.3 is 14.6 Å². The van der Waals surface area contributed by atoms with Gasteiger partial charge in [0, 0.05) is 36.2 Å². The second-order valence-corrected chi connectivity index (χ2v) is 7.54. The first-order chi connectivity index (χ1) is 14.4. The average Bonchev–Trinajstić information content (AvgIpc) is 3.12. The molecule has 1 saturated heterocycles. The van der Waals surface area contributed by atoms with E-state index in [1.807, 2.05) is 0 Å². The zero-order chi connectivity index (χ0) is 21.3. The SMILES string of the molecule is CC1CCN(C(=O)c2oc3ccccc3c2NC(=O)c2ccc([N+](=O)[O-])cc2)CC1. The van der Waals surface area contributed by atoms with Gasteiger partial charge in [-0.15, -0.1) is 0 Å². The number of para-hydroxylation sites is 1. The van der Waals surface area contributed by atoms with E-state index >= 15 is 0 Å². The number of nitrogens with zero attached hydrogens (tertiary/aromatic N) is 2. The summed E-state index contributed by atoms with van der Waals surface area (Å²) in [7, 11) is 0. The number of hydrogen-bond acceptors (Lipinski definition) is 5. The number of nitro benzene ring substituents is 1. The van der Waals surface area contributed by atoms with Crippen molar-refractivity contribution in [2.75, 3.05) is 18.4 Å². The summed E-state index contributed by atoms with van der Waals surface area (Å²) in [6, 6.07) is 12.4. The maximum Gasteiger partial charge on any atom is 0.291 e. The maximum atomic E-state index is 13.1. The van der Waals surface area contributed by atoms with E-state index in [1.54, 1.807) is 29.2 Å². The Kier molecular flexibility index (Phi) is 5.22. The van der Waals surface area contributed by atoms with Crippen LogP contribution in [0.1, 0.15) is 40.7 Å². The topological polar surface area (TPSA) is 106 Å². The van der Waals surface area contributed by atoms with Gasteiger partial charge in [-0.25, -0.2) is 0 Å². The van der Waals surface area contributed by atoms with Gasteiger partial charge in [-0.05, 0) is 43.0 Å². The van der Waals surface area contributed by atoms with Gasteiger partial charge in [0.1, 0.15) is 11.3 Å². The number of anilines is 1. The standard InChI is InChI=1S/C22H21N3O5/c1-14-10-12-24(13-11-14)22(27)20-19(17-4-2-3-5-18(17)30-20)23-21(26)15-6-8-16(9-7-15)25(28)29/h2-9,14H,10-13H2,1H3,(H,23,26). The van der Waals surface area contributed by atoms with E-state index < -0.39 is 10.8 Å². The highest BCUT2D eigenvalue weighted by atomic mass is 16.6. The van der Waals surface area contributed by atoms with E-state index in [0.717, 1.165) is 12.8 Å². The summed E-state index contributed by atoms with van der Waals surface area (Å²) in [6.07, 6.45) is 1.85. The number of nitrogens with one attached hydrogen (secondary N) is 1. The minimum absolute atomic E-state index is 0.0982. The summed E-state index contributed by atoms with van der Waals surface area (Å²) in [5.41, 5.74) is 0.967. The van der Waals surface area contributed by atoms with E-state index in [9.17, 15) is 19.7 Å². The third-order valence-corrected chi connectivity index (χ3v) is 5.44. The van der Waals surface area contributed by atoms with Crippen molar-refractivity contribution in [1.82, 2.24) is 4.90 Å². The molecule has 8 nitrogen and oxygen atoms in total. The predicted octanol–water partition coefficient (Wildman–Crippen LogP) is 4.47. The molecule has 2 aromatic carbocycles. The Morgan fingerprint density at radius 1 is 1.10 bits per heavy atom. The lowest BCUT2D eigenvalue weighted by atomic mass is 9.99. The largest absolute Gasteiger partial charge is 0.449 e. The van der Waals surface area contributed by atoms with Crippen LogP contribution in [0.2, 0.25) is 0 Å². The molecule has 2 amide bonds. The summed E-state index contributed by atoms with van der Waals surface area (Å²) in [6.45, 7) is 3.46. The van der Waals surface area contributed by atoms with Crippen molar-refractivity contribution < 1.29 is 18.9 Å². The average molecular weight is 407 g/mol. The van der Waals surface area contributed by atoms with E-state index in [2.05, 4.69) is 12.2 Å². The zero-order valence-electron chi connectivity index (χ0n) is 16.5. The van der Waals surface area contributed by atoms with Gasteiger partial charge in [0.15, 0.2) is 0 Å². The number of carbonyl (C=O) groups is 2. The molecule has 154 valence electrons. The number of benzene rings is 2. The molecule has 0 radical (unpaired) electrons. The van der Waals surface area contributed by atoms with Crippen molar-refractivity contribution in [3.8, 4) is 0 Å². The molecule has 1 fully saturated rings. The molecule has 1 aliphatic rings. The van der Waals surface area contributed by atoms with Crippen molar-refractivity contribution >= 4 is 34.2 Å². The smallest absolute Gasteiger partial charge is 0.291 e. The number of nitro groups is 1. The Bertz CT molecular complexity index is 1110. The number of piperidine rings is 1. The molecule has 1 aliphatic heterocycles. The highest BCUT2D eigenvalue weighted by Gasteiger charge is 2.28. The fourth-order valence-electron chi connectivity index (χ4n) is 3.60. The van der Waals surface area contributed by atoms with Crippen LogP contribution in [-0.2, 0) is 0 Å². The number of non-ortho nitro benzene ring substituents is 1. The molecule has 0 atom stereocenters. The molecular weight excluding hydrogens is 386 g/mol. The van der Waals surface area contributed by atoms with Crippen LogP contribution in [0.3, 0.4) is 0 Å². The molecule has 0 bridgehead atoms. The lowest BCUT2D eigenvalue weighted by molar-refractivity contribution is -0.384. The molecule has 0 spiro atoms. The van der Waals surface area contributed by atoms with Gasteiger partial charge in [0.05, 0.1) is 4.92 Å². The molecule has 8 heteroatoms. The molecule has 3 aromatic rings. The second-order valence-electron chi connectivity index (χ2n) is 7.54. The second kappa shape index (κ2) is 7.98. The predicted molar refractivity (Wildman–Crippen MR) is 112 cm³/mol. The summed E-state index contributed by atoms with van der Waals surface area (Å²) in [5, 5.41) is 14.2. The Morgan fingerprint density at radius 2 is 1.77 bits per heavy atom. The minimum atomic E-state index is -0.526. The summed E-state index contributed by atoms with van der Waals surface area (Å²) >= 11 is 0. The van der Waals surface area contributed by atoms with Crippen molar-refractivity contribution in [2.45, 2.75) is 19.8 Å². The molecule has 0 unspecified atom stereocenters. The van der Waals surface area contributed by atoms with Gasteiger partial charge in [-0.3, -0.25) is 19.7 Å². The van der Waals surface area contributed by atoms with E-state index in [0.29, 0.717) is 35.7 Å². The number of furan rings is 1. The molecule has 1 N–H and O–H groups in total. The molecule has 1 aromatic heterocycles. The summed E-state index contributed by atoms with van der Waals surface area (Å²) in [5.74, 6) is -0.0538. The first-order valence-corrected chi connectivity index (χ1v) is 9.80. The van der Waals surface area contributed by atoms with Crippen LogP contribution in [0, 0.1) is 16.0 Å². The van der Waals surface area contributed by atoms with Gasteiger partial charge in [-0.2, -0.15) is 0 Å². The van der Waals surface area contributed by atoms with Crippen molar-refractivity contribution in [3.63, 3.8) is 0 Å². The molecule has 4 rings (SSSR count). The minimum Gasteiger partial charge on any atom is -0.449 e. The van der Waals surface area contributed by atoms with E-state index in [4.69, 9.17) is 4.42 Å². The summed E-state index contributed by atoms with van der Waals surface area (Å²) in [4.78, 5) is 38.0. The Balaban J connectivity index is 1.65. The van der Waals surface area contributed by atoms with Gasteiger partial charge >= 0.3 is 0 Å². The lowest BCUT2D eigenvalue weighted by Crippen LogP contribution is -2.38. The Labute approximate surface area is 172 Å². The fraction of sp³-hybridized carbons (Fsp3) is 0.273. The molecule has 2 heterocycles. The quantitative estimate of drug-likeness (QED) is 0.507. The first-order valence-electron chi connectivity index (χ1n) is 9.80. The van der Waals surface area contributed by atoms with Crippen molar-refractivity contribution in [2.24, 2.45) is 5.92 Å². The van der Waals surface area contributed by atoms with E-state index in [-0.39, 0.29) is 22.9 Å². The zero-order valence-corrected chi connectivity index (χ0v) is 16.5. The molecule has 0 aliphatic carbocycles. The van der Waals surface area contributed by atoms with Crippen LogP contribution in [0.15, 0.2) is 52.9 Å². The normalized spacial score (nSPS) is 14.6. The van der Waals surface area contributed by atoms with Gasteiger partial charge in [-0.1, -0.05) is 19.1 Å². The fourth-order valence-corrected chi connectivity index (χ4v) is 3.60. The van der Waals surface area contributed by atoms with Crippen LogP contribution in [-0.4, -0.2) is 34.7 Å². The number of fused-ring (bicyclic) bond motifs is 1. The monoisotopic (exact) mass is 407 g/mol.